The highest BCUT2D eigenvalue weighted by molar-refractivity contribution is 5.94. The van der Waals surface area contributed by atoms with Crippen molar-refractivity contribution in [3.63, 3.8) is 0 Å². The van der Waals surface area contributed by atoms with Gasteiger partial charge in [0.15, 0.2) is 5.96 Å². The molecule has 206 valence electrons. The number of carboxylic acid groups (broad SMARTS) is 2. The zero-order chi connectivity index (χ0) is 28.0. The predicted octanol–water partition coefficient (Wildman–Crippen LogP) is -1.53. The van der Waals surface area contributed by atoms with E-state index in [1.807, 2.05) is 6.92 Å². The maximum absolute atomic E-state index is 13.2. The molecule has 14 nitrogen and oxygen atoms in total. The smallest absolute Gasteiger partial charge is 0.326 e. The van der Waals surface area contributed by atoms with Gasteiger partial charge in [0.2, 0.25) is 17.7 Å². The van der Waals surface area contributed by atoms with Crippen LogP contribution in [0.3, 0.4) is 0 Å². The maximum Gasteiger partial charge on any atom is 0.326 e. The Morgan fingerprint density at radius 3 is 1.72 bits per heavy atom. The number of rotatable bonds is 17. The highest BCUT2D eigenvalue weighted by Crippen LogP contribution is 2.13. The predicted molar refractivity (Wildman–Crippen MR) is 132 cm³/mol. The number of carboxylic acids is 2. The zero-order valence-electron chi connectivity index (χ0n) is 21.3. The quantitative estimate of drug-likeness (QED) is 0.0630. The minimum atomic E-state index is -1.67. The zero-order valence-corrected chi connectivity index (χ0v) is 21.3. The Hall–Kier alpha value is -3.42. The molecule has 6 atom stereocenters. The maximum atomic E-state index is 13.2. The van der Waals surface area contributed by atoms with Gasteiger partial charge in [-0.3, -0.25) is 24.2 Å². The Balaban J connectivity index is 5.51. The molecule has 0 bridgehead atoms. The number of nitrogens with one attached hydrogen (secondary N) is 3. The van der Waals surface area contributed by atoms with Crippen LogP contribution in [0.2, 0.25) is 0 Å². The summed E-state index contributed by atoms with van der Waals surface area (Å²) in [5, 5.41) is 25.6. The number of amides is 3. The lowest BCUT2D eigenvalue weighted by Gasteiger charge is -2.30. The third kappa shape index (κ3) is 11.8. The van der Waals surface area contributed by atoms with E-state index in [0.29, 0.717) is 25.8 Å². The summed E-state index contributed by atoms with van der Waals surface area (Å²) < 4.78 is 0. The first kappa shape index (κ1) is 32.6. The number of hydrogen-bond donors (Lipinski definition) is 8. The second-order valence-corrected chi connectivity index (χ2v) is 8.80. The van der Waals surface area contributed by atoms with E-state index in [4.69, 9.17) is 22.3 Å². The third-order valence-electron chi connectivity index (χ3n) is 5.88. The number of aliphatic carboxylic acids is 2. The van der Waals surface area contributed by atoms with Crippen molar-refractivity contribution in [3.05, 3.63) is 0 Å². The van der Waals surface area contributed by atoms with Crippen LogP contribution in [0.15, 0.2) is 4.99 Å². The van der Waals surface area contributed by atoms with Crippen molar-refractivity contribution in [1.29, 1.82) is 0 Å². The topological polar surface area (TPSA) is 252 Å². The van der Waals surface area contributed by atoms with Crippen molar-refractivity contribution in [2.75, 3.05) is 6.54 Å². The molecular formula is C22H41N7O7. The van der Waals surface area contributed by atoms with Crippen molar-refractivity contribution in [2.24, 2.45) is 34.0 Å². The third-order valence-corrected chi connectivity index (χ3v) is 5.88. The molecule has 0 saturated carbocycles. The number of nitrogens with two attached hydrogens (primary N) is 3. The minimum Gasteiger partial charge on any atom is -0.481 e. The van der Waals surface area contributed by atoms with E-state index in [1.54, 1.807) is 20.8 Å². The molecule has 0 aromatic carbocycles. The fraction of sp³-hybridized carbons (Fsp3) is 0.727. The van der Waals surface area contributed by atoms with Gasteiger partial charge < -0.3 is 43.4 Å². The average Bonchev–Trinajstić information content (AvgIpc) is 2.80. The molecule has 0 aromatic heterocycles. The van der Waals surface area contributed by atoms with Crippen LogP contribution in [0.25, 0.3) is 0 Å². The second-order valence-electron chi connectivity index (χ2n) is 8.80. The van der Waals surface area contributed by atoms with Gasteiger partial charge in [0.25, 0.3) is 0 Å². The van der Waals surface area contributed by atoms with Crippen molar-refractivity contribution in [1.82, 2.24) is 16.0 Å². The highest BCUT2D eigenvalue weighted by atomic mass is 16.4. The Labute approximate surface area is 210 Å². The lowest BCUT2D eigenvalue weighted by atomic mass is 9.94. The molecule has 0 fully saturated rings. The first-order valence-corrected chi connectivity index (χ1v) is 11.9. The van der Waals surface area contributed by atoms with E-state index in [0.717, 1.165) is 0 Å². The summed E-state index contributed by atoms with van der Waals surface area (Å²) in [5.41, 5.74) is 16.5. The average molecular weight is 516 g/mol. The molecule has 0 rings (SSSR count). The van der Waals surface area contributed by atoms with Crippen molar-refractivity contribution < 1.29 is 34.2 Å². The lowest BCUT2D eigenvalue weighted by Crippen LogP contribution is -2.60. The number of guanidine groups is 1. The van der Waals surface area contributed by atoms with Crippen LogP contribution in [0.1, 0.15) is 59.8 Å². The van der Waals surface area contributed by atoms with Gasteiger partial charge in [-0.1, -0.05) is 40.5 Å². The molecule has 36 heavy (non-hydrogen) atoms. The van der Waals surface area contributed by atoms with Gasteiger partial charge in [0.1, 0.15) is 18.1 Å². The van der Waals surface area contributed by atoms with Gasteiger partial charge in [0.05, 0.1) is 12.5 Å². The summed E-state index contributed by atoms with van der Waals surface area (Å²) in [6.07, 6.45) is 0.877. The Bertz CT molecular complexity index is 802. The van der Waals surface area contributed by atoms with Gasteiger partial charge in [-0.25, -0.2) is 4.79 Å². The summed E-state index contributed by atoms with van der Waals surface area (Å²) in [6.45, 7) is 7.33. The molecule has 0 aromatic rings. The van der Waals surface area contributed by atoms with Crippen LogP contribution in [-0.4, -0.2) is 76.5 Å². The molecule has 0 aliphatic carbocycles. The Morgan fingerprint density at radius 1 is 0.833 bits per heavy atom. The van der Waals surface area contributed by atoms with E-state index < -0.39 is 66.2 Å². The fourth-order valence-corrected chi connectivity index (χ4v) is 3.19. The molecule has 0 radical (unpaired) electrons. The molecule has 11 N–H and O–H groups in total. The molecule has 6 unspecified atom stereocenters. The number of aliphatic imine (C=N–C) groups is 1. The highest BCUT2D eigenvalue weighted by Gasteiger charge is 2.34. The van der Waals surface area contributed by atoms with E-state index in [9.17, 15) is 29.1 Å². The van der Waals surface area contributed by atoms with Gasteiger partial charge in [-0.2, -0.15) is 0 Å². The molecule has 0 heterocycles. The van der Waals surface area contributed by atoms with Crippen LogP contribution >= 0.6 is 0 Å². The molecular weight excluding hydrogens is 474 g/mol. The molecule has 14 heteroatoms. The standard InChI is InChI=1S/C22H41N7O7/c1-5-11(3)16(19(33)27-14(21(35)36)10-15(30)31)29-20(34)17(12(4)6-2)28-18(32)13(23)8-7-9-26-22(24)25/h11-14,16-17H,5-10,23H2,1-4H3,(H,27,33)(H,28,32)(H,29,34)(H,30,31)(H,35,36)(H4,24,25,26). The summed E-state index contributed by atoms with van der Waals surface area (Å²) in [5.74, 6) is -5.76. The largest absolute Gasteiger partial charge is 0.481 e. The number of hydrogen-bond acceptors (Lipinski definition) is 7. The van der Waals surface area contributed by atoms with E-state index in [-0.39, 0.29) is 18.3 Å². The SMILES string of the molecule is CCC(C)C(NC(=O)C(N)CCCN=C(N)N)C(=O)NC(C(=O)NC(CC(=O)O)C(=O)O)C(C)CC. The number of nitrogens with zero attached hydrogens (tertiary/aromatic N) is 1. The first-order chi connectivity index (χ1) is 16.7. The van der Waals surface area contributed by atoms with Crippen molar-refractivity contribution in [2.45, 2.75) is 84.0 Å². The van der Waals surface area contributed by atoms with Gasteiger partial charge >= 0.3 is 11.9 Å². The second kappa shape index (κ2) is 16.3. The molecule has 0 aliphatic rings. The van der Waals surface area contributed by atoms with Crippen molar-refractivity contribution in [3.8, 4) is 0 Å². The van der Waals surface area contributed by atoms with E-state index >= 15 is 0 Å². The normalized spacial score (nSPS) is 15.8. The summed E-state index contributed by atoms with van der Waals surface area (Å²) in [4.78, 5) is 64.8. The molecule has 0 aliphatic heterocycles. The van der Waals surface area contributed by atoms with Gasteiger partial charge in [-0.15, -0.1) is 0 Å². The van der Waals surface area contributed by atoms with Crippen LogP contribution in [0.4, 0.5) is 0 Å². The lowest BCUT2D eigenvalue weighted by molar-refractivity contribution is -0.147. The monoisotopic (exact) mass is 515 g/mol. The first-order valence-electron chi connectivity index (χ1n) is 11.9. The molecule has 0 spiro atoms. The van der Waals surface area contributed by atoms with Crippen LogP contribution in [-0.2, 0) is 24.0 Å². The minimum absolute atomic E-state index is 0.0703. The summed E-state index contributed by atoms with van der Waals surface area (Å²) in [6, 6.07) is -4.75. The Morgan fingerprint density at radius 2 is 1.31 bits per heavy atom. The molecule has 0 saturated heterocycles. The van der Waals surface area contributed by atoms with Crippen LogP contribution in [0, 0.1) is 11.8 Å². The van der Waals surface area contributed by atoms with Crippen LogP contribution in [0.5, 0.6) is 0 Å². The Kier molecular flexibility index (Phi) is 14.7. The number of carbonyl (C=O) groups is 5. The van der Waals surface area contributed by atoms with E-state index in [1.165, 1.54) is 0 Å². The van der Waals surface area contributed by atoms with Crippen molar-refractivity contribution >= 4 is 35.6 Å². The summed E-state index contributed by atoms with van der Waals surface area (Å²) >= 11 is 0. The summed E-state index contributed by atoms with van der Waals surface area (Å²) in [7, 11) is 0. The van der Waals surface area contributed by atoms with Crippen LogP contribution < -0.4 is 33.2 Å². The molecule has 3 amide bonds. The van der Waals surface area contributed by atoms with Gasteiger partial charge in [-0.05, 0) is 24.7 Å². The number of carbonyl (C=O) groups excluding carboxylic acids is 3. The van der Waals surface area contributed by atoms with Gasteiger partial charge in [0, 0.05) is 6.54 Å². The van der Waals surface area contributed by atoms with E-state index in [2.05, 4.69) is 20.9 Å². The fourth-order valence-electron chi connectivity index (χ4n) is 3.19.